The van der Waals surface area contributed by atoms with E-state index >= 15 is 8.78 Å². The summed E-state index contributed by atoms with van der Waals surface area (Å²) in [7, 11) is 0. The van der Waals surface area contributed by atoms with Gasteiger partial charge in [-0.3, -0.25) is 0 Å². The van der Waals surface area contributed by atoms with Gasteiger partial charge in [-0.25, -0.2) is 13.6 Å². The Morgan fingerprint density at radius 2 is 1.97 bits per heavy atom. The summed E-state index contributed by atoms with van der Waals surface area (Å²) in [5.74, 6) is -2.41. The summed E-state index contributed by atoms with van der Waals surface area (Å²) in [6.07, 6.45) is 7.57. The molecule has 1 heterocycles. The number of nitrogens with zero attached hydrogens (tertiary/aromatic N) is 2. The minimum atomic E-state index is -1.33. The van der Waals surface area contributed by atoms with E-state index in [1.54, 1.807) is 18.2 Å². The molecule has 0 unspecified atom stereocenters. The van der Waals surface area contributed by atoms with Gasteiger partial charge < -0.3 is 14.6 Å². The van der Waals surface area contributed by atoms with Crippen LogP contribution < -0.4 is 0 Å². The maximum Gasteiger partial charge on any atom is 0.338 e. The number of halogens is 3. The molecular weight excluding hydrogens is 526 g/mol. The highest BCUT2D eigenvalue weighted by atomic mass is 35.5. The van der Waals surface area contributed by atoms with Crippen LogP contribution in [0.2, 0.25) is 5.02 Å². The summed E-state index contributed by atoms with van der Waals surface area (Å²) in [6.45, 7) is 11.9. The van der Waals surface area contributed by atoms with Crippen molar-refractivity contribution in [2.24, 2.45) is 0 Å². The Kier molecular flexibility index (Phi) is 8.68. The van der Waals surface area contributed by atoms with Crippen molar-refractivity contribution in [1.29, 1.82) is 0 Å². The van der Waals surface area contributed by atoms with Crippen molar-refractivity contribution in [3.63, 3.8) is 0 Å². The molecule has 0 atom stereocenters. The van der Waals surface area contributed by atoms with Crippen molar-refractivity contribution in [3.05, 3.63) is 94.3 Å². The second kappa shape index (κ2) is 11.8. The standard InChI is InChI=1S/C30H31ClF2N2O2S/c1-5-7-10-23(18(3)4)34(6-2)16-17-35-27(19-12-13-19)29(21-14-15-22(31)26(33)28(21)35)38-24-11-8-9-20(25(24)32)30(36)37/h5,7-11,14-15,19H,1,6,12-13,16-17H2,2-4H3,(H,36,37)/b10-7-. The minimum absolute atomic E-state index is 0.0282. The van der Waals surface area contributed by atoms with Gasteiger partial charge in [0.1, 0.15) is 0 Å². The fourth-order valence-corrected chi connectivity index (χ4v) is 6.13. The van der Waals surface area contributed by atoms with Gasteiger partial charge in [-0.2, -0.15) is 0 Å². The van der Waals surface area contributed by atoms with Crippen LogP contribution in [0.15, 0.2) is 76.2 Å². The third-order valence-electron chi connectivity index (χ3n) is 6.70. The van der Waals surface area contributed by atoms with Crippen LogP contribution in [-0.4, -0.2) is 33.6 Å². The normalized spacial score (nSPS) is 13.3. The lowest BCUT2D eigenvalue weighted by molar-refractivity contribution is 0.0691. The van der Waals surface area contributed by atoms with Gasteiger partial charge in [-0.1, -0.05) is 53.7 Å². The molecule has 0 spiro atoms. The van der Waals surface area contributed by atoms with Gasteiger partial charge in [0.05, 0.1) is 16.1 Å². The molecule has 4 nitrogen and oxygen atoms in total. The molecule has 1 aliphatic carbocycles. The summed E-state index contributed by atoms with van der Waals surface area (Å²) in [5, 5.41) is 10.1. The van der Waals surface area contributed by atoms with Gasteiger partial charge in [0.25, 0.3) is 0 Å². The second-order valence-corrected chi connectivity index (χ2v) is 10.9. The van der Waals surface area contributed by atoms with Gasteiger partial charge in [0.15, 0.2) is 11.6 Å². The SMILES string of the molecule is C=C/C=C\C(=C(C)C)N(CC)CCn1c(C2CC2)c(Sc2cccc(C(=O)O)c2F)c2ccc(Cl)c(F)c21. The van der Waals surface area contributed by atoms with Crippen molar-refractivity contribution in [2.45, 2.75) is 55.9 Å². The lowest BCUT2D eigenvalue weighted by atomic mass is 10.2. The smallest absolute Gasteiger partial charge is 0.338 e. The average molecular weight is 557 g/mol. The number of likely N-dealkylation sites (N-methyl/N-ethyl adjacent to an activating group) is 1. The van der Waals surface area contributed by atoms with Crippen LogP contribution in [0.1, 0.15) is 55.6 Å². The Hall–Kier alpha value is -3.03. The lowest BCUT2D eigenvalue weighted by Gasteiger charge is -2.27. The lowest BCUT2D eigenvalue weighted by Crippen LogP contribution is -2.27. The number of allylic oxidation sites excluding steroid dienone is 4. The van der Waals surface area contributed by atoms with E-state index < -0.39 is 17.6 Å². The topological polar surface area (TPSA) is 45.5 Å². The second-order valence-electron chi connectivity index (χ2n) is 9.48. The Bertz CT molecular complexity index is 1450. The van der Waals surface area contributed by atoms with E-state index in [2.05, 4.69) is 32.3 Å². The van der Waals surface area contributed by atoms with Gasteiger partial charge in [-0.05, 0) is 64.0 Å². The number of fused-ring (bicyclic) bond motifs is 1. The van der Waals surface area contributed by atoms with Crippen LogP contribution in [0.3, 0.4) is 0 Å². The van der Waals surface area contributed by atoms with Crippen molar-refractivity contribution in [1.82, 2.24) is 9.47 Å². The highest BCUT2D eigenvalue weighted by molar-refractivity contribution is 7.99. The molecule has 0 saturated heterocycles. The number of carboxylic acids is 1. The molecule has 1 saturated carbocycles. The molecular formula is C30H31ClF2N2O2S. The Morgan fingerprint density at radius 1 is 1.24 bits per heavy atom. The van der Waals surface area contributed by atoms with Gasteiger partial charge in [0.2, 0.25) is 0 Å². The van der Waals surface area contributed by atoms with Crippen LogP contribution in [-0.2, 0) is 6.54 Å². The zero-order valence-corrected chi connectivity index (χ0v) is 23.3. The molecule has 0 aliphatic heterocycles. The molecule has 1 aromatic heterocycles. The van der Waals surface area contributed by atoms with E-state index in [1.165, 1.54) is 18.2 Å². The Morgan fingerprint density at radius 3 is 2.58 bits per heavy atom. The van der Waals surface area contributed by atoms with Gasteiger partial charge in [-0.15, -0.1) is 0 Å². The highest BCUT2D eigenvalue weighted by Crippen LogP contribution is 2.51. The molecule has 0 amide bonds. The molecule has 3 aromatic rings. The van der Waals surface area contributed by atoms with Gasteiger partial charge in [0, 0.05) is 52.1 Å². The number of aromatic nitrogens is 1. The highest BCUT2D eigenvalue weighted by Gasteiger charge is 2.34. The van der Waals surface area contributed by atoms with Crippen LogP contribution >= 0.6 is 23.4 Å². The van der Waals surface area contributed by atoms with Crippen LogP contribution in [0, 0.1) is 11.6 Å². The quantitative estimate of drug-likeness (QED) is 0.240. The predicted molar refractivity (Wildman–Crippen MR) is 151 cm³/mol. The number of benzene rings is 2. The number of carboxylic acid groups (broad SMARTS) is 1. The molecule has 4 rings (SSSR count). The van der Waals surface area contributed by atoms with E-state index in [4.69, 9.17) is 11.6 Å². The van der Waals surface area contributed by atoms with Crippen molar-refractivity contribution >= 4 is 40.2 Å². The average Bonchev–Trinajstić information content (AvgIpc) is 3.67. The first kappa shape index (κ1) is 28.0. The van der Waals surface area contributed by atoms with E-state index in [-0.39, 0.29) is 21.4 Å². The maximum absolute atomic E-state index is 15.6. The molecule has 0 radical (unpaired) electrons. The Labute approximate surface area is 231 Å². The number of hydrogen-bond donors (Lipinski definition) is 1. The van der Waals surface area contributed by atoms with Gasteiger partial charge >= 0.3 is 5.97 Å². The van der Waals surface area contributed by atoms with Crippen LogP contribution in [0.25, 0.3) is 10.9 Å². The van der Waals surface area contributed by atoms with Crippen molar-refractivity contribution < 1.29 is 18.7 Å². The van der Waals surface area contributed by atoms with E-state index in [0.717, 1.165) is 53.0 Å². The molecule has 0 bridgehead atoms. The summed E-state index contributed by atoms with van der Waals surface area (Å²) in [4.78, 5) is 14.7. The van der Waals surface area contributed by atoms with Crippen LogP contribution in [0.5, 0.6) is 0 Å². The monoisotopic (exact) mass is 556 g/mol. The fourth-order valence-electron chi connectivity index (χ4n) is 4.75. The fraction of sp³-hybridized carbons (Fsp3) is 0.300. The zero-order valence-electron chi connectivity index (χ0n) is 21.7. The third kappa shape index (κ3) is 5.54. The summed E-state index contributed by atoms with van der Waals surface area (Å²) < 4.78 is 32.8. The molecule has 8 heteroatoms. The Balaban J connectivity index is 1.84. The molecule has 2 aromatic carbocycles. The van der Waals surface area contributed by atoms with Crippen LogP contribution in [0.4, 0.5) is 8.78 Å². The number of aromatic carboxylic acids is 1. The number of rotatable bonds is 11. The first-order chi connectivity index (χ1) is 18.2. The number of carbonyl (C=O) groups is 1. The molecule has 1 fully saturated rings. The summed E-state index contributed by atoms with van der Waals surface area (Å²) in [5.41, 5.74) is 3.19. The van der Waals surface area contributed by atoms with Crippen molar-refractivity contribution in [2.75, 3.05) is 13.1 Å². The molecule has 1 aliphatic rings. The molecule has 1 N–H and O–H groups in total. The van der Waals surface area contributed by atoms with E-state index in [0.29, 0.717) is 24.0 Å². The first-order valence-corrected chi connectivity index (χ1v) is 13.8. The maximum atomic E-state index is 15.6. The number of hydrogen-bond acceptors (Lipinski definition) is 3. The van der Waals surface area contributed by atoms with Crippen molar-refractivity contribution in [3.8, 4) is 0 Å². The third-order valence-corrected chi connectivity index (χ3v) is 8.16. The molecule has 38 heavy (non-hydrogen) atoms. The largest absolute Gasteiger partial charge is 0.478 e. The van der Waals surface area contributed by atoms with E-state index in [9.17, 15) is 9.90 Å². The first-order valence-electron chi connectivity index (χ1n) is 12.6. The van der Waals surface area contributed by atoms with E-state index in [1.807, 2.05) is 16.7 Å². The molecule has 200 valence electrons. The zero-order chi connectivity index (χ0) is 27.6. The minimum Gasteiger partial charge on any atom is -0.478 e. The summed E-state index contributed by atoms with van der Waals surface area (Å²) >= 11 is 7.39. The predicted octanol–water partition coefficient (Wildman–Crippen LogP) is 8.66. The summed E-state index contributed by atoms with van der Waals surface area (Å²) in [6, 6.07) is 7.63.